The van der Waals surface area contributed by atoms with Crippen LogP contribution >= 0.6 is 0 Å². The van der Waals surface area contributed by atoms with Crippen LogP contribution in [0.5, 0.6) is 5.75 Å². The van der Waals surface area contributed by atoms with Gasteiger partial charge in [-0.15, -0.1) is 0 Å². The standard InChI is InChI=1S/C28H25NO6/c1-3-35-22-15-13-20(14-16-22)25(30)23-24(19-9-11-21(12-10-19)28(33)34-2)29(27(32)26(23)31)17-18-7-5-4-6-8-18/h4-16,24,30H,3,17H2,1-2H3/t24-/m0/s1. The van der Waals surface area contributed by atoms with Gasteiger partial charge in [0.25, 0.3) is 11.7 Å². The second-order valence-corrected chi connectivity index (χ2v) is 7.98. The number of Topliss-reactive ketones (excluding diaryl/α,β-unsaturated/α-hetero) is 1. The van der Waals surface area contributed by atoms with Gasteiger partial charge < -0.3 is 19.5 Å². The normalized spacial score (nSPS) is 16.9. The van der Waals surface area contributed by atoms with E-state index < -0.39 is 23.7 Å². The number of rotatable bonds is 7. The van der Waals surface area contributed by atoms with Crippen molar-refractivity contribution in [2.45, 2.75) is 19.5 Å². The van der Waals surface area contributed by atoms with Crippen LogP contribution in [0.4, 0.5) is 0 Å². The largest absolute Gasteiger partial charge is 0.507 e. The first-order valence-corrected chi connectivity index (χ1v) is 11.2. The van der Waals surface area contributed by atoms with Crippen LogP contribution in [0.15, 0.2) is 84.4 Å². The van der Waals surface area contributed by atoms with E-state index in [1.165, 1.54) is 12.0 Å². The van der Waals surface area contributed by atoms with Crippen molar-refractivity contribution in [3.05, 3.63) is 107 Å². The first-order valence-electron chi connectivity index (χ1n) is 11.2. The third-order valence-electron chi connectivity index (χ3n) is 5.82. The molecule has 0 saturated carbocycles. The van der Waals surface area contributed by atoms with Crippen LogP contribution in [-0.4, -0.2) is 41.4 Å². The van der Waals surface area contributed by atoms with Crippen LogP contribution in [0.1, 0.15) is 40.0 Å². The molecule has 3 aromatic rings. The fourth-order valence-corrected chi connectivity index (χ4v) is 4.12. The molecule has 1 aliphatic heterocycles. The highest BCUT2D eigenvalue weighted by atomic mass is 16.5. The van der Waals surface area contributed by atoms with Gasteiger partial charge >= 0.3 is 5.97 Å². The SMILES string of the molecule is CCOc1ccc(C(O)=C2C(=O)C(=O)N(Cc3ccccc3)[C@H]2c2ccc(C(=O)OC)cc2)cc1. The van der Waals surface area contributed by atoms with Crippen LogP contribution < -0.4 is 4.74 Å². The minimum Gasteiger partial charge on any atom is -0.507 e. The third kappa shape index (κ3) is 4.80. The summed E-state index contributed by atoms with van der Waals surface area (Å²) in [6.45, 7) is 2.54. The predicted molar refractivity (Wildman–Crippen MR) is 130 cm³/mol. The van der Waals surface area contributed by atoms with E-state index in [2.05, 4.69) is 0 Å². The van der Waals surface area contributed by atoms with Crippen molar-refractivity contribution in [3.63, 3.8) is 0 Å². The molecular formula is C28H25NO6. The zero-order valence-corrected chi connectivity index (χ0v) is 19.4. The van der Waals surface area contributed by atoms with Gasteiger partial charge in [-0.2, -0.15) is 0 Å². The van der Waals surface area contributed by atoms with E-state index in [-0.39, 0.29) is 17.9 Å². The number of likely N-dealkylation sites (tertiary alicyclic amines) is 1. The maximum atomic E-state index is 13.2. The van der Waals surface area contributed by atoms with Crippen molar-refractivity contribution in [2.24, 2.45) is 0 Å². The Morgan fingerprint density at radius 1 is 0.914 bits per heavy atom. The molecule has 7 heteroatoms. The van der Waals surface area contributed by atoms with Crippen molar-refractivity contribution in [3.8, 4) is 5.75 Å². The molecule has 1 aliphatic rings. The minimum absolute atomic E-state index is 0.0130. The smallest absolute Gasteiger partial charge is 0.337 e. The molecule has 1 N–H and O–H groups in total. The average molecular weight is 472 g/mol. The molecule has 0 radical (unpaired) electrons. The third-order valence-corrected chi connectivity index (χ3v) is 5.82. The Morgan fingerprint density at radius 3 is 2.14 bits per heavy atom. The van der Waals surface area contributed by atoms with Crippen LogP contribution in [0.2, 0.25) is 0 Å². The van der Waals surface area contributed by atoms with Crippen molar-refractivity contribution in [1.82, 2.24) is 4.90 Å². The number of carbonyl (C=O) groups excluding carboxylic acids is 3. The minimum atomic E-state index is -0.839. The molecule has 35 heavy (non-hydrogen) atoms. The van der Waals surface area contributed by atoms with Gasteiger partial charge in [0.2, 0.25) is 0 Å². The summed E-state index contributed by atoms with van der Waals surface area (Å²) in [5.74, 6) is -1.62. The topological polar surface area (TPSA) is 93.1 Å². The van der Waals surface area contributed by atoms with Gasteiger partial charge in [-0.25, -0.2) is 4.79 Å². The highest BCUT2D eigenvalue weighted by Gasteiger charge is 2.46. The number of hydrogen-bond donors (Lipinski definition) is 1. The van der Waals surface area contributed by atoms with Crippen LogP contribution in [-0.2, 0) is 20.9 Å². The second kappa shape index (κ2) is 10.3. The molecule has 178 valence electrons. The van der Waals surface area contributed by atoms with Crippen LogP contribution in [0.3, 0.4) is 0 Å². The van der Waals surface area contributed by atoms with Crippen molar-refractivity contribution >= 4 is 23.4 Å². The summed E-state index contributed by atoms with van der Waals surface area (Å²) >= 11 is 0. The number of carbonyl (C=O) groups is 3. The zero-order valence-electron chi connectivity index (χ0n) is 19.4. The van der Waals surface area contributed by atoms with Gasteiger partial charge in [-0.1, -0.05) is 42.5 Å². The number of esters is 1. The van der Waals surface area contributed by atoms with Crippen LogP contribution in [0.25, 0.3) is 5.76 Å². The number of benzene rings is 3. The summed E-state index contributed by atoms with van der Waals surface area (Å²) in [5, 5.41) is 11.2. The molecule has 1 saturated heterocycles. The molecule has 1 atom stereocenters. The number of nitrogens with zero attached hydrogens (tertiary/aromatic N) is 1. The van der Waals surface area contributed by atoms with Gasteiger partial charge in [0.1, 0.15) is 11.5 Å². The molecule has 0 spiro atoms. The van der Waals surface area contributed by atoms with Crippen LogP contribution in [0, 0.1) is 0 Å². The van der Waals surface area contributed by atoms with Gasteiger partial charge in [-0.3, -0.25) is 9.59 Å². The van der Waals surface area contributed by atoms with E-state index >= 15 is 0 Å². The number of methoxy groups -OCH3 is 1. The molecular weight excluding hydrogens is 446 g/mol. The fraction of sp³-hybridized carbons (Fsp3) is 0.179. The molecule has 0 aromatic heterocycles. The number of aliphatic hydroxyl groups excluding tert-OH is 1. The summed E-state index contributed by atoms with van der Waals surface area (Å²) < 4.78 is 10.2. The lowest BCUT2D eigenvalue weighted by Gasteiger charge is -2.25. The van der Waals surface area contributed by atoms with Crippen molar-refractivity contribution in [1.29, 1.82) is 0 Å². The molecule has 0 bridgehead atoms. The van der Waals surface area contributed by atoms with Crippen molar-refractivity contribution < 1.29 is 29.0 Å². The Morgan fingerprint density at radius 2 is 1.54 bits per heavy atom. The van der Waals surface area contributed by atoms with E-state index in [9.17, 15) is 19.5 Å². The molecule has 1 heterocycles. The fourth-order valence-electron chi connectivity index (χ4n) is 4.12. The lowest BCUT2D eigenvalue weighted by atomic mass is 9.94. The number of ketones is 1. The second-order valence-electron chi connectivity index (χ2n) is 7.98. The van der Waals surface area contributed by atoms with E-state index in [0.29, 0.717) is 29.0 Å². The summed E-state index contributed by atoms with van der Waals surface area (Å²) in [7, 11) is 1.29. The maximum absolute atomic E-state index is 13.2. The molecule has 4 rings (SSSR count). The highest BCUT2D eigenvalue weighted by Crippen LogP contribution is 2.40. The summed E-state index contributed by atoms with van der Waals surface area (Å²) in [4.78, 5) is 39.6. The van der Waals surface area contributed by atoms with E-state index in [0.717, 1.165) is 5.56 Å². The van der Waals surface area contributed by atoms with Gasteiger partial charge in [0.05, 0.1) is 30.9 Å². The Labute approximate surface area is 203 Å². The molecule has 0 aliphatic carbocycles. The number of ether oxygens (including phenoxy) is 2. The Balaban J connectivity index is 1.81. The molecule has 0 unspecified atom stereocenters. The maximum Gasteiger partial charge on any atom is 0.337 e. The Kier molecular flexibility index (Phi) is 6.96. The van der Waals surface area contributed by atoms with Crippen molar-refractivity contribution in [2.75, 3.05) is 13.7 Å². The van der Waals surface area contributed by atoms with E-state index in [4.69, 9.17) is 9.47 Å². The summed E-state index contributed by atoms with van der Waals surface area (Å²) in [5.41, 5.74) is 2.14. The number of aliphatic hydroxyl groups is 1. The summed E-state index contributed by atoms with van der Waals surface area (Å²) in [6.07, 6.45) is 0. The molecule has 7 nitrogen and oxygen atoms in total. The first kappa shape index (κ1) is 23.8. The lowest BCUT2D eigenvalue weighted by Crippen LogP contribution is -2.29. The quantitative estimate of drug-likeness (QED) is 0.236. The molecule has 3 aromatic carbocycles. The Hall–Kier alpha value is -4.39. The molecule has 1 amide bonds. The summed E-state index contributed by atoms with van der Waals surface area (Å²) in [6, 6.07) is 21.6. The number of hydrogen-bond acceptors (Lipinski definition) is 6. The monoisotopic (exact) mass is 471 g/mol. The van der Waals surface area contributed by atoms with Gasteiger partial charge in [-0.05, 0) is 54.4 Å². The van der Waals surface area contributed by atoms with E-state index in [1.54, 1.807) is 48.5 Å². The number of amides is 1. The predicted octanol–water partition coefficient (Wildman–Crippen LogP) is 4.49. The average Bonchev–Trinajstić information content (AvgIpc) is 3.14. The molecule has 1 fully saturated rings. The first-order chi connectivity index (χ1) is 16.9. The van der Waals surface area contributed by atoms with Gasteiger partial charge in [0.15, 0.2) is 0 Å². The highest BCUT2D eigenvalue weighted by molar-refractivity contribution is 6.46. The Bertz CT molecular complexity index is 1260. The lowest BCUT2D eigenvalue weighted by molar-refractivity contribution is -0.140. The zero-order chi connectivity index (χ0) is 24.9. The van der Waals surface area contributed by atoms with E-state index in [1.807, 2.05) is 37.3 Å². The van der Waals surface area contributed by atoms with Gasteiger partial charge in [0, 0.05) is 12.1 Å².